The van der Waals surface area contributed by atoms with E-state index in [0.29, 0.717) is 5.95 Å². The first kappa shape index (κ1) is 21.5. The topological polar surface area (TPSA) is 43.9 Å². The maximum absolute atomic E-state index is 6.40. The van der Waals surface area contributed by atoms with Crippen molar-refractivity contribution in [2.24, 2.45) is 0 Å². The van der Waals surface area contributed by atoms with Crippen molar-refractivity contribution in [3.05, 3.63) is 127 Å². The maximum Gasteiger partial charge on any atom is 0.235 e. The van der Waals surface area contributed by atoms with Crippen LogP contribution >= 0.6 is 0 Å². The molecule has 0 atom stereocenters. The van der Waals surface area contributed by atoms with E-state index in [1.165, 1.54) is 5.39 Å². The van der Waals surface area contributed by atoms with Crippen molar-refractivity contribution in [1.29, 1.82) is 0 Å². The molecule has 0 bridgehead atoms. The van der Waals surface area contributed by atoms with Gasteiger partial charge in [0.2, 0.25) is 5.95 Å². The van der Waals surface area contributed by atoms with Gasteiger partial charge in [-0.1, -0.05) is 91.0 Å². The van der Waals surface area contributed by atoms with E-state index in [-0.39, 0.29) is 0 Å². The summed E-state index contributed by atoms with van der Waals surface area (Å²) in [5.41, 5.74) is 6.89. The predicted octanol–water partition coefficient (Wildman–Crippen LogP) is 9.45. The van der Waals surface area contributed by atoms with Crippen LogP contribution in [0, 0.1) is 0 Å². The minimum atomic E-state index is 0.660. The van der Waals surface area contributed by atoms with Gasteiger partial charge in [-0.25, -0.2) is 9.97 Å². The molecule has 0 fully saturated rings. The summed E-state index contributed by atoms with van der Waals surface area (Å²) in [6, 6.07) is 44.1. The van der Waals surface area contributed by atoms with Crippen LogP contribution in [0.2, 0.25) is 0 Å². The van der Waals surface area contributed by atoms with Gasteiger partial charge in [0.25, 0.3) is 0 Å². The number of nitrogens with zero attached hydrogens (tertiary/aromatic N) is 3. The van der Waals surface area contributed by atoms with E-state index in [9.17, 15) is 0 Å². The Morgan fingerprint density at radius 3 is 2.05 bits per heavy atom. The number of furan rings is 1. The monoisotopic (exact) mass is 511 g/mol. The summed E-state index contributed by atoms with van der Waals surface area (Å²) in [6.45, 7) is 0. The summed E-state index contributed by atoms with van der Waals surface area (Å²) in [5, 5.41) is 7.91. The zero-order valence-electron chi connectivity index (χ0n) is 21.4. The Hall–Kier alpha value is -5.48. The van der Waals surface area contributed by atoms with E-state index in [2.05, 4.69) is 102 Å². The number of fused-ring (bicyclic) bond motifs is 10. The van der Waals surface area contributed by atoms with Gasteiger partial charge in [0.1, 0.15) is 11.2 Å². The molecule has 0 saturated carbocycles. The molecular formula is C36H21N3O. The van der Waals surface area contributed by atoms with Gasteiger partial charge in [0.05, 0.1) is 22.2 Å². The number of benzene rings is 6. The molecular weight excluding hydrogens is 490 g/mol. The summed E-state index contributed by atoms with van der Waals surface area (Å²) in [7, 11) is 0. The first-order chi connectivity index (χ1) is 19.8. The van der Waals surface area contributed by atoms with Crippen molar-refractivity contribution in [1.82, 2.24) is 14.5 Å². The van der Waals surface area contributed by atoms with Crippen LogP contribution in [0.1, 0.15) is 0 Å². The molecule has 0 aliphatic carbocycles. The molecule has 4 heteroatoms. The highest BCUT2D eigenvalue weighted by atomic mass is 16.3. The van der Waals surface area contributed by atoms with Crippen molar-refractivity contribution < 1.29 is 4.42 Å². The average Bonchev–Trinajstić information content (AvgIpc) is 3.57. The van der Waals surface area contributed by atoms with E-state index >= 15 is 0 Å². The van der Waals surface area contributed by atoms with Crippen molar-refractivity contribution >= 4 is 65.4 Å². The second-order valence-electron chi connectivity index (χ2n) is 10.2. The first-order valence-electron chi connectivity index (χ1n) is 13.4. The smallest absolute Gasteiger partial charge is 0.235 e. The standard InChI is InChI=1S/C36H21N3O/c1-2-10-22(11-3-1)34-27-13-4-7-15-29(27)37-36(38-34)39-30-16-8-5-14-28(30)33-24-18-19-25-23-12-6-9-17-32(23)40-35(25)26(24)20-21-31(33)39/h1-21H. The van der Waals surface area contributed by atoms with Crippen LogP contribution in [-0.2, 0) is 0 Å². The molecule has 3 aromatic heterocycles. The highest BCUT2D eigenvalue weighted by Gasteiger charge is 2.20. The number of rotatable bonds is 2. The SMILES string of the molecule is c1ccc(-c2nc(-n3c4ccccc4c4c5ccc6c7ccccc7oc6c5ccc43)nc3ccccc23)cc1. The molecule has 0 N–H and O–H groups in total. The van der Waals surface area contributed by atoms with Gasteiger partial charge in [0, 0.05) is 37.9 Å². The fourth-order valence-electron chi connectivity index (χ4n) is 6.25. The van der Waals surface area contributed by atoms with E-state index in [1.807, 2.05) is 30.3 Å². The average molecular weight is 512 g/mol. The molecule has 0 saturated heterocycles. The fraction of sp³-hybridized carbons (Fsp3) is 0. The third kappa shape index (κ3) is 2.90. The third-order valence-corrected chi connectivity index (χ3v) is 8.01. The minimum absolute atomic E-state index is 0.660. The van der Waals surface area contributed by atoms with Gasteiger partial charge >= 0.3 is 0 Å². The Kier molecular flexibility index (Phi) is 4.30. The third-order valence-electron chi connectivity index (χ3n) is 8.01. The van der Waals surface area contributed by atoms with E-state index in [4.69, 9.17) is 14.4 Å². The highest BCUT2D eigenvalue weighted by molar-refractivity contribution is 6.26. The Morgan fingerprint density at radius 2 is 1.15 bits per heavy atom. The van der Waals surface area contributed by atoms with Gasteiger partial charge in [-0.15, -0.1) is 0 Å². The van der Waals surface area contributed by atoms with Crippen LogP contribution in [0.4, 0.5) is 0 Å². The molecule has 0 aliphatic rings. The molecule has 186 valence electrons. The lowest BCUT2D eigenvalue weighted by Gasteiger charge is -2.11. The summed E-state index contributed by atoms with van der Waals surface area (Å²) in [4.78, 5) is 10.3. The summed E-state index contributed by atoms with van der Waals surface area (Å²) in [5.74, 6) is 0.660. The minimum Gasteiger partial charge on any atom is -0.455 e. The van der Waals surface area contributed by atoms with Gasteiger partial charge < -0.3 is 4.42 Å². The van der Waals surface area contributed by atoms with Crippen LogP contribution in [0.15, 0.2) is 132 Å². The number of para-hydroxylation sites is 3. The molecule has 0 amide bonds. The molecule has 0 spiro atoms. The normalized spacial score (nSPS) is 12.0. The van der Waals surface area contributed by atoms with Crippen LogP contribution in [0.25, 0.3) is 82.6 Å². The number of aromatic nitrogens is 3. The lowest BCUT2D eigenvalue weighted by Crippen LogP contribution is -2.03. The Labute approximate surface area is 228 Å². The molecule has 0 unspecified atom stereocenters. The van der Waals surface area contributed by atoms with Crippen LogP contribution in [-0.4, -0.2) is 14.5 Å². The van der Waals surface area contributed by atoms with E-state index in [1.54, 1.807) is 0 Å². The molecule has 9 aromatic rings. The van der Waals surface area contributed by atoms with Crippen LogP contribution in [0.5, 0.6) is 0 Å². The Balaban J connectivity index is 1.41. The van der Waals surface area contributed by atoms with Gasteiger partial charge in [-0.3, -0.25) is 4.57 Å². The van der Waals surface area contributed by atoms with E-state index in [0.717, 1.165) is 71.3 Å². The molecule has 4 nitrogen and oxygen atoms in total. The van der Waals surface area contributed by atoms with Crippen LogP contribution < -0.4 is 0 Å². The number of hydrogen-bond acceptors (Lipinski definition) is 3. The van der Waals surface area contributed by atoms with Gasteiger partial charge in [-0.2, -0.15) is 0 Å². The van der Waals surface area contributed by atoms with Gasteiger partial charge in [-0.05, 0) is 41.8 Å². The zero-order valence-corrected chi connectivity index (χ0v) is 21.4. The summed E-state index contributed by atoms with van der Waals surface area (Å²) in [6.07, 6.45) is 0. The van der Waals surface area contributed by atoms with Gasteiger partial charge in [0.15, 0.2) is 0 Å². The summed E-state index contributed by atoms with van der Waals surface area (Å²) < 4.78 is 8.60. The molecule has 0 aliphatic heterocycles. The second kappa shape index (κ2) is 8.01. The van der Waals surface area contributed by atoms with Crippen molar-refractivity contribution in [2.45, 2.75) is 0 Å². The zero-order chi connectivity index (χ0) is 26.2. The molecule has 9 rings (SSSR count). The largest absolute Gasteiger partial charge is 0.455 e. The highest BCUT2D eigenvalue weighted by Crippen LogP contribution is 2.41. The maximum atomic E-state index is 6.40. The Bertz CT molecular complexity index is 2430. The quantitative estimate of drug-likeness (QED) is 0.232. The number of hydrogen-bond donors (Lipinski definition) is 0. The lowest BCUT2D eigenvalue weighted by atomic mass is 10.0. The van der Waals surface area contributed by atoms with Crippen molar-refractivity contribution in [3.63, 3.8) is 0 Å². The molecule has 40 heavy (non-hydrogen) atoms. The fourth-order valence-corrected chi connectivity index (χ4v) is 6.25. The molecule has 6 aromatic carbocycles. The Morgan fingerprint density at radius 1 is 0.475 bits per heavy atom. The predicted molar refractivity (Wildman–Crippen MR) is 164 cm³/mol. The van der Waals surface area contributed by atoms with E-state index < -0.39 is 0 Å². The van der Waals surface area contributed by atoms with Crippen molar-refractivity contribution in [3.8, 4) is 17.2 Å². The summed E-state index contributed by atoms with van der Waals surface area (Å²) >= 11 is 0. The lowest BCUT2D eigenvalue weighted by molar-refractivity contribution is 0.672. The second-order valence-corrected chi connectivity index (χ2v) is 10.2. The molecule has 3 heterocycles. The van der Waals surface area contributed by atoms with Crippen molar-refractivity contribution in [2.75, 3.05) is 0 Å². The molecule has 0 radical (unpaired) electrons. The van der Waals surface area contributed by atoms with Crippen LogP contribution in [0.3, 0.4) is 0 Å². The first-order valence-corrected chi connectivity index (χ1v) is 13.4.